The lowest BCUT2D eigenvalue weighted by molar-refractivity contribution is 0.219. The van der Waals surface area contributed by atoms with Gasteiger partial charge in [-0.25, -0.2) is 0 Å². The summed E-state index contributed by atoms with van der Waals surface area (Å²) in [5, 5.41) is 3.55. The van der Waals surface area contributed by atoms with Crippen LogP contribution in [0, 0.1) is 0 Å². The van der Waals surface area contributed by atoms with Crippen molar-refractivity contribution in [2.45, 2.75) is 51.1 Å². The predicted molar refractivity (Wildman–Crippen MR) is 73.4 cm³/mol. The molecule has 2 heterocycles. The summed E-state index contributed by atoms with van der Waals surface area (Å²) in [6.45, 7) is 8.45. The molecule has 0 radical (unpaired) electrons. The summed E-state index contributed by atoms with van der Waals surface area (Å²) in [5.41, 5.74) is 0. The van der Waals surface area contributed by atoms with Crippen molar-refractivity contribution >= 4 is 0 Å². The topological polar surface area (TPSA) is 18.5 Å². The fourth-order valence-electron chi connectivity index (χ4n) is 3.25. The van der Waals surface area contributed by atoms with Gasteiger partial charge in [0.05, 0.1) is 0 Å². The molecule has 0 spiro atoms. The molecule has 2 fully saturated rings. The number of fused-ring (bicyclic) bond motifs is 2. The predicted octanol–water partition coefficient (Wildman–Crippen LogP) is 1.54. The first-order valence-electron chi connectivity index (χ1n) is 7.46. The Labute approximate surface area is 107 Å². The van der Waals surface area contributed by atoms with E-state index < -0.39 is 0 Å². The fourth-order valence-corrected chi connectivity index (χ4v) is 3.25. The minimum Gasteiger partial charge on any atom is -0.315 e. The highest BCUT2D eigenvalue weighted by atomic mass is 15.3. The summed E-state index contributed by atoms with van der Waals surface area (Å²) in [4.78, 5) is 5.30. The third-order valence-corrected chi connectivity index (χ3v) is 4.54. The Hall–Kier alpha value is -0.120. The van der Waals surface area contributed by atoms with Gasteiger partial charge < -0.3 is 10.2 Å². The summed E-state index contributed by atoms with van der Waals surface area (Å²) in [6.07, 6.45) is 6.84. The number of rotatable bonds is 6. The van der Waals surface area contributed by atoms with E-state index >= 15 is 0 Å². The number of likely N-dealkylation sites (tertiary alicyclic amines) is 1. The van der Waals surface area contributed by atoms with E-state index in [4.69, 9.17) is 0 Å². The van der Waals surface area contributed by atoms with Gasteiger partial charge in [-0.05, 0) is 45.8 Å². The average Bonchev–Trinajstić information content (AvgIpc) is 2.56. The maximum Gasteiger partial charge on any atom is 0.0223 e. The van der Waals surface area contributed by atoms with Crippen LogP contribution in [-0.2, 0) is 0 Å². The molecule has 1 N–H and O–H groups in total. The van der Waals surface area contributed by atoms with Gasteiger partial charge in [-0.2, -0.15) is 0 Å². The normalized spacial score (nSPS) is 30.7. The molecular formula is C14H29N3. The summed E-state index contributed by atoms with van der Waals surface area (Å²) in [5.74, 6) is 0. The highest BCUT2D eigenvalue weighted by Gasteiger charge is 2.34. The number of unbranched alkanes of at least 4 members (excludes halogenated alkanes) is 1. The van der Waals surface area contributed by atoms with E-state index in [9.17, 15) is 0 Å². The van der Waals surface area contributed by atoms with Crippen LogP contribution in [0.2, 0.25) is 0 Å². The molecule has 0 aliphatic carbocycles. The van der Waals surface area contributed by atoms with E-state index in [0.717, 1.165) is 12.1 Å². The standard InChI is InChI=1S/C14H29N3/c1-3-4-8-15-9-11-17-10-7-13-5-6-14(12-17)16(13)2/h13-15H,3-12H2,1-2H3. The van der Waals surface area contributed by atoms with Crippen LogP contribution < -0.4 is 5.32 Å². The van der Waals surface area contributed by atoms with E-state index in [1.807, 2.05) is 0 Å². The maximum absolute atomic E-state index is 3.55. The SMILES string of the molecule is CCCCNCCN1CCC2CCC(C1)N2C. The van der Waals surface area contributed by atoms with Crippen LogP contribution in [-0.4, -0.2) is 61.7 Å². The van der Waals surface area contributed by atoms with Gasteiger partial charge in [-0.3, -0.25) is 4.90 Å². The van der Waals surface area contributed by atoms with Gasteiger partial charge in [0.15, 0.2) is 0 Å². The molecular weight excluding hydrogens is 210 g/mol. The maximum atomic E-state index is 3.55. The third kappa shape index (κ3) is 3.67. The number of hydrogen-bond acceptors (Lipinski definition) is 3. The Morgan fingerprint density at radius 1 is 1.12 bits per heavy atom. The Kier molecular flexibility index (Phi) is 5.26. The largest absolute Gasteiger partial charge is 0.315 e. The second-order valence-electron chi connectivity index (χ2n) is 5.74. The van der Waals surface area contributed by atoms with Gasteiger partial charge in [0.25, 0.3) is 0 Å². The molecule has 0 saturated carbocycles. The molecule has 2 aliphatic rings. The van der Waals surface area contributed by atoms with E-state index in [-0.39, 0.29) is 0 Å². The fraction of sp³-hybridized carbons (Fsp3) is 1.00. The summed E-state index contributed by atoms with van der Waals surface area (Å²) in [7, 11) is 2.32. The van der Waals surface area contributed by atoms with Crippen molar-refractivity contribution in [1.82, 2.24) is 15.1 Å². The first kappa shape index (κ1) is 13.3. The molecule has 3 heteroatoms. The lowest BCUT2D eigenvalue weighted by Gasteiger charge is -2.25. The Balaban J connectivity index is 1.65. The number of hydrogen-bond donors (Lipinski definition) is 1. The molecule has 100 valence electrons. The molecule has 0 aromatic rings. The van der Waals surface area contributed by atoms with Gasteiger partial charge in [0.2, 0.25) is 0 Å². The summed E-state index contributed by atoms with van der Waals surface area (Å²) >= 11 is 0. The van der Waals surface area contributed by atoms with Gasteiger partial charge in [0.1, 0.15) is 0 Å². The lowest BCUT2D eigenvalue weighted by Crippen LogP contribution is -2.39. The molecule has 2 bridgehead atoms. The van der Waals surface area contributed by atoms with Crippen LogP contribution in [0.25, 0.3) is 0 Å². The third-order valence-electron chi connectivity index (χ3n) is 4.54. The second-order valence-corrected chi connectivity index (χ2v) is 5.74. The van der Waals surface area contributed by atoms with Crippen LogP contribution in [0.3, 0.4) is 0 Å². The van der Waals surface area contributed by atoms with Crippen molar-refractivity contribution in [1.29, 1.82) is 0 Å². The van der Waals surface area contributed by atoms with Crippen molar-refractivity contribution in [2.24, 2.45) is 0 Å². The quantitative estimate of drug-likeness (QED) is 0.710. The molecule has 0 aromatic carbocycles. The second kappa shape index (κ2) is 6.72. The van der Waals surface area contributed by atoms with Gasteiger partial charge >= 0.3 is 0 Å². The Bertz CT molecular complexity index is 220. The monoisotopic (exact) mass is 239 g/mol. The summed E-state index contributed by atoms with van der Waals surface area (Å²) in [6, 6.07) is 1.70. The smallest absolute Gasteiger partial charge is 0.0223 e. The van der Waals surface area contributed by atoms with Crippen LogP contribution in [0.4, 0.5) is 0 Å². The van der Waals surface area contributed by atoms with Crippen molar-refractivity contribution in [2.75, 3.05) is 39.8 Å². The van der Waals surface area contributed by atoms with Gasteiger partial charge in [-0.1, -0.05) is 13.3 Å². The molecule has 0 amide bonds. The van der Waals surface area contributed by atoms with Crippen molar-refractivity contribution in [3.8, 4) is 0 Å². The number of nitrogens with one attached hydrogen (secondary N) is 1. The highest BCUT2D eigenvalue weighted by Crippen LogP contribution is 2.28. The van der Waals surface area contributed by atoms with Crippen LogP contribution in [0.1, 0.15) is 39.0 Å². The molecule has 17 heavy (non-hydrogen) atoms. The van der Waals surface area contributed by atoms with Gasteiger partial charge in [-0.15, -0.1) is 0 Å². The molecule has 2 atom stereocenters. The Morgan fingerprint density at radius 2 is 1.94 bits per heavy atom. The van der Waals surface area contributed by atoms with Crippen LogP contribution in [0.15, 0.2) is 0 Å². The molecule has 2 aliphatic heterocycles. The molecule has 2 rings (SSSR count). The van der Waals surface area contributed by atoms with Crippen molar-refractivity contribution in [3.05, 3.63) is 0 Å². The minimum atomic E-state index is 0.832. The van der Waals surface area contributed by atoms with Crippen LogP contribution >= 0.6 is 0 Å². The van der Waals surface area contributed by atoms with Crippen molar-refractivity contribution in [3.63, 3.8) is 0 Å². The van der Waals surface area contributed by atoms with Gasteiger partial charge in [0, 0.05) is 31.7 Å². The molecule has 3 nitrogen and oxygen atoms in total. The zero-order chi connectivity index (χ0) is 12.1. The highest BCUT2D eigenvalue weighted by molar-refractivity contribution is 4.90. The van der Waals surface area contributed by atoms with Crippen LogP contribution in [0.5, 0.6) is 0 Å². The molecule has 2 saturated heterocycles. The van der Waals surface area contributed by atoms with Crippen molar-refractivity contribution < 1.29 is 0 Å². The van der Waals surface area contributed by atoms with E-state index in [1.54, 1.807) is 0 Å². The molecule has 0 aromatic heterocycles. The zero-order valence-corrected chi connectivity index (χ0v) is 11.6. The Morgan fingerprint density at radius 3 is 2.76 bits per heavy atom. The molecule has 2 unspecified atom stereocenters. The van der Waals surface area contributed by atoms with E-state index in [0.29, 0.717) is 0 Å². The number of nitrogens with zero attached hydrogens (tertiary/aromatic N) is 2. The number of likely N-dealkylation sites (N-methyl/N-ethyl adjacent to an activating group) is 1. The average molecular weight is 239 g/mol. The summed E-state index contributed by atoms with van der Waals surface area (Å²) < 4.78 is 0. The van der Waals surface area contributed by atoms with E-state index in [1.165, 1.54) is 64.8 Å². The first-order chi connectivity index (χ1) is 8.31. The first-order valence-corrected chi connectivity index (χ1v) is 7.46. The van der Waals surface area contributed by atoms with E-state index in [2.05, 4.69) is 29.1 Å². The minimum absolute atomic E-state index is 0.832. The zero-order valence-electron chi connectivity index (χ0n) is 11.6. The lowest BCUT2D eigenvalue weighted by atomic mass is 10.1.